The second-order valence-corrected chi connectivity index (χ2v) is 8.58. The number of rotatable bonds is 6. The van der Waals surface area contributed by atoms with Gasteiger partial charge < -0.3 is 25.4 Å². The third-order valence-corrected chi connectivity index (χ3v) is 5.85. The van der Waals surface area contributed by atoms with E-state index in [-0.39, 0.29) is 17.7 Å². The van der Waals surface area contributed by atoms with Crippen molar-refractivity contribution < 1.29 is 24.9 Å². The molecule has 1 amide bonds. The summed E-state index contributed by atoms with van der Waals surface area (Å²) in [6, 6.07) is 1.33. The number of ether oxygens (including phenoxy) is 1. The number of aliphatic hydroxyl groups excluding tert-OH is 2. The van der Waals surface area contributed by atoms with Crippen molar-refractivity contribution in [1.29, 1.82) is 0 Å². The molecule has 2 heterocycles. The SMILES string of the molecule is CC(C)=CCC/C(C)=C/CCC1(C)Oc2c(c(O)cc3c2C(O)NC3=O)CC1O. The second-order valence-electron chi connectivity index (χ2n) is 8.58. The number of phenolic OH excluding ortho intramolecular Hbond substituents is 1. The predicted molar refractivity (Wildman–Crippen MR) is 111 cm³/mol. The summed E-state index contributed by atoms with van der Waals surface area (Å²) in [6.07, 6.45) is 5.94. The van der Waals surface area contributed by atoms with Gasteiger partial charge in [0.25, 0.3) is 5.91 Å². The quantitative estimate of drug-likeness (QED) is 0.545. The third kappa shape index (κ3) is 4.33. The molecule has 0 fully saturated rings. The Balaban J connectivity index is 1.77. The molecule has 6 heteroatoms. The minimum Gasteiger partial charge on any atom is -0.508 e. The zero-order valence-corrected chi connectivity index (χ0v) is 17.6. The average Bonchev–Trinajstić information content (AvgIpc) is 2.90. The van der Waals surface area contributed by atoms with Crippen molar-refractivity contribution in [2.24, 2.45) is 0 Å². The molecule has 0 radical (unpaired) electrons. The van der Waals surface area contributed by atoms with E-state index < -0.39 is 23.8 Å². The molecular weight excluding hydrogens is 370 g/mol. The molecule has 0 spiro atoms. The summed E-state index contributed by atoms with van der Waals surface area (Å²) in [5, 5.41) is 33.7. The topological polar surface area (TPSA) is 99.0 Å². The van der Waals surface area contributed by atoms with Gasteiger partial charge in [-0.05, 0) is 59.4 Å². The van der Waals surface area contributed by atoms with E-state index in [1.54, 1.807) is 0 Å². The minimum atomic E-state index is -1.18. The first-order valence-corrected chi connectivity index (χ1v) is 10.2. The lowest BCUT2D eigenvalue weighted by Gasteiger charge is -2.41. The number of aliphatic hydroxyl groups is 2. The lowest BCUT2D eigenvalue weighted by molar-refractivity contribution is -0.0609. The monoisotopic (exact) mass is 401 g/mol. The maximum Gasteiger partial charge on any atom is 0.254 e. The van der Waals surface area contributed by atoms with Crippen LogP contribution < -0.4 is 10.1 Å². The highest BCUT2D eigenvalue weighted by Crippen LogP contribution is 2.47. The van der Waals surface area contributed by atoms with Crippen molar-refractivity contribution in [1.82, 2.24) is 5.32 Å². The van der Waals surface area contributed by atoms with E-state index in [1.807, 2.05) is 6.92 Å². The van der Waals surface area contributed by atoms with Gasteiger partial charge in [-0.1, -0.05) is 23.3 Å². The van der Waals surface area contributed by atoms with Crippen LogP contribution in [0.3, 0.4) is 0 Å². The van der Waals surface area contributed by atoms with Crippen molar-refractivity contribution in [3.8, 4) is 11.5 Å². The molecule has 158 valence electrons. The Bertz CT molecular complexity index is 869. The second kappa shape index (κ2) is 8.20. The van der Waals surface area contributed by atoms with Gasteiger partial charge in [0.15, 0.2) is 6.23 Å². The zero-order chi connectivity index (χ0) is 21.3. The van der Waals surface area contributed by atoms with Gasteiger partial charge >= 0.3 is 0 Å². The van der Waals surface area contributed by atoms with Crippen LogP contribution in [0.2, 0.25) is 0 Å². The molecule has 0 saturated carbocycles. The van der Waals surface area contributed by atoms with Crippen LogP contribution in [0, 0.1) is 0 Å². The Morgan fingerprint density at radius 1 is 1.28 bits per heavy atom. The molecule has 0 bridgehead atoms. The summed E-state index contributed by atoms with van der Waals surface area (Å²) >= 11 is 0. The molecule has 2 aliphatic rings. The lowest BCUT2D eigenvalue weighted by Crippen LogP contribution is -2.49. The van der Waals surface area contributed by atoms with Crippen molar-refractivity contribution in [2.45, 2.75) is 77.7 Å². The first-order valence-electron chi connectivity index (χ1n) is 10.2. The Labute approximate surface area is 171 Å². The molecule has 3 rings (SSSR count). The summed E-state index contributed by atoms with van der Waals surface area (Å²) in [5.74, 6) is -0.237. The highest BCUT2D eigenvalue weighted by atomic mass is 16.5. The summed E-state index contributed by atoms with van der Waals surface area (Å²) in [4.78, 5) is 12.0. The van der Waals surface area contributed by atoms with E-state index in [2.05, 4.69) is 38.2 Å². The van der Waals surface area contributed by atoms with Gasteiger partial charge in [-0.15, -0.1) is 0 Å². The van der Waals surface area contributed by atoms with Crippen LogP contribution >= 0.6 is 0 Å². The maximum absolute atomic E-state index is 12.0. The number of phenols is 1. The van der Waals surface area contributed by atoms with Gasteiger partial charge in [0.1, 0.15) is 17.1 Å². The van der Waals surface area contributed by atoms with Crippen LogP contribution in [0.25, 0.3) is 0 Å². The van der Waals surface area contributed by atoms with E-state index in [0.717, 1.165) is 19.3 Å². The summed E-state index contributed by atoms with van der Waals surface area (Å²) in [6.45, 7) is 8.12. The van der Waals surface area contributed by atoms with Gasteiger partial charge in [-0.2, -0.15) is 0 Å². The maximum atomic E-state index is 12.0. The van der Waals surface area contributed by atoms with Crippen molar-refractivity contribution in [3.63, 3.8) is 0 Å². The summed E-state index contributed by atoms with van der Waals surface area (Å²) in [5.41, 5.74) is 2.71. The molecule has 0 aliphatic carbocycles. The van der Waals surface area contributed by atoms with Gasteiger partial charge in [0.05, 0.1) is 17.2 Å². The van der Waals surface area contributed by atoms with Gasteiger partial charge in [0, 0.05) is 12.0 Å². The van der Waals surface area contributed by atoms with Crippen molar-refractivity contribution in [2.75, 3.05) is 0 Å². The van der Waals surface area contributed by atoms with Crippen LogP contribution in [0.15, 0.2) is 29.4 Å². The van der Waals surface area contributed by atoms with Crippen LogP contribution in [-0.2, 0) is 6.42 Å². The van der Waals surface area contributed by atoms with E-state index >= 15 is 0 Å². The number of carbonyl (C=O) groups is 1. The molecule has 3 unspecified atom stereocenters. The van der Waals surface area contributed by atoms with E-state index in [4.69, 9.17) is 4.74 Å². The summed E-state index contributed by atoms with van der Waals surface area (Å²) in [7, 11) is 0. The van der Waals surface area contributed by atoms with Gasteiger partial charge in [-0.25, -0.2) is 0 Å². The Hall–Kier alpha value is -2.31. The Kier molecular flexibility index (Phi) is 6.05. The molecule has 2 aliphatic heterocycles. The Morgan fingerprint density at radius 3 is 2.69 bits per heavy atom. The van der Waals surface area contributed by atoms with Crippen LogP contribution in [0.4, 0.5) is 0 Å². The minimum absolute atomic E-state index is 0.0980. The predicted octanol–water partition coefficient (Wildman–Crippen LogP) is 3.65. The fourth-order valence-electron chi connectivity index (χ4n) is 3.97. The number of hydrogen-bond donors (Lipinski definition) is 4. The van der Waals surface area contributed by atoms with Crippen molar-refractivity contribution >= 4 is 5.91 Å². The van der Waals surface area contributed by atoms with Gasteiger partial charge in [0.2, 0.25) is 0 Å². The number of nitrogens with one attached hydrogen (secondary N) is 1. The van der Waals surface area contributed by atoms with Gasteiger partial charge in [-0.3, -0.25) is 4.79 Å². The number of carbonyl (C=O) groups excluding carboxylic acids is 1. The third-order valence-electron chi connectivity index (χ3n) is 5.85. The lowest BCUT2D eigenvalue weighted by atomic mass is 9.84. The molecule has 3 atom stereocenters. The molecule has 4 N–H and O–H groups in total. The molecule has 6 nitrogen and oxygen atoms in total. The fourth-order valence-corrected chi connectivity index (χ4v) is 3.97. The zero-order valence-electron chi connectivity index (χ0n) is 17.6. The van der Waals surface area contributed by atoms with E-state index in [9.17, 15) is 20.1 Å². The number of amides is 1. The first kappa shape index (κ1) is 21.4. The standard InChI is InChI=1S/C23H31NO5/c1-13(2)7-5-8-14(3)9-6-10-23(4)18(26)12-15-17(25)11-16-19(20(15)29-23)22(28)24-21(16)27/h7,9,11,18,22,25-26,28H,5-6,8,10,12H2,1-4H3,(H,24,27)/b14-9+. The van der Waals surface area contributed by atoms with E-state index in [0.29, 0.717) is 23.3 Å². The smallest absolute Gasteiger partial charge is 0.254 e. The molecule has 29 heavy (non-hydrogen) atoms. The molecule has 1 aromatic rings. The average molecular weight is 402 g/mol. The molecule has 1 aromatic carbocycles. The molecule has 0 saturated heterocycles. The summed E-state index contributed by atoms with van der Waals surface area (Å²) < 4.78 is 6.17. The highest BCUT2D eigenvalue weighted by Gasteiger charge is 2.44. The number of fused-ring (bicyclic) bond motifs is 3. The number of hydrogen-bond acceptors (Lipinski definition) is 5. The van der Waals surface area contributed by atoms with Crippen LogP contribution in [0.5, 0.6) is 11.5 Å². The highest BCUT2D eigenvalue weighted by molar-refractivity contribution is 6.00. The van der Waals surface area contributed by atoms with Crippen LogP contribution in [-0.4, -0.2) is 32.9 Å². The number of aromatic hydroxyl groups is 1. The largest absolute Gasteiger partial charge is 0.508 e. The molecule has 0 aromatic heterocycles. The number of benzene rings is 1. The van der Waals surface area contributed by atoms with E-state index in [1.165, 1.54) is 17.2 Å². The van der Waals surface area contributed by atoms with Crippen molar-refractivity contribution in [3.05, 3.63) is 46.1 Å². The normalized spacial score (nSPS) is 25.7. The Morgan fingerprint density at radius 2 is 2.00 bits per heavy atom. The van der Waals surface area contributed by atoms with Crippen LogP contribution in [0.1, 0.15) is 81.1 Å². The fraction of sp³-hybridized carbons (Fsp3) is 0.522. The number of allylic oxidation sites excluding steroid dienone is 4. The first-order chi connectivity index (χ1) is 13.6. The molecular formula is C23H31NO5.